The molecule has 4 saturated carbocycles. The van der Waals surface area contributed by atoms with Crippen LogP contribution in [0.15, 0.2) is 24.3 Å². The van der Waals surface area contributed by atoms with E-state index in [2.05, 4.69) is 15.5 Å². The smallest absolute Gasteiger partial charge is 0.272 e. The molecule has 4 aliphatic rings. The Balaban J connectivity index is 1.41. The first-order valence-corrected chi connectivity index (χ1v) is 8.52. The largest absolute Gasteiger partial charge is 0.347 e. The van der Waals surface area contributed by atoms with Crippen molar-refractivity contribution >= 4 is 16.8 Å². The molecule has 0 spiro atoms. The highest BCUT2D eigenvalue weighted by Crippen LogP contribution is 2.53. The van der Waals surface area contributed by atoms with Crippen molar-refractivity contribution in [3.05, 3.63) is 30.0 Å². The lowest BCUT2D eigenvalue weighted by molar-refractivity contribution is -0.0120. The summed E-state index contributed by atoms with van der Waals surface area (Å²) in [6.45, 7) is 0. The molecule has 22 heavy (non-hydrogen) atoms. The molecule has 2 aromatic rings. The van der Waals surface area contributed by atoms with Gasteiger partial charge in [-0.15, -0.1) is 0 Å². The van der Waals surface area contributed by atoms with Gasteiger partial charge in [0.1, 0.15) is 0 Å². The standard InChI is InChI=1S/C18H21N3O/c22-18(17-14-3-1-2-4-15(14)20-21-17)19-16-12-6-10-5-11(8-12)9-13(16)7-10/h1-4,10-13,16H,5-9H2,(H,19,22)(H,20,21). The minimum absolute atomic E-state index is 0.00470. The summed E-state index contributed by atoms with van der Waals surface area (Å²) in [6.07, 6.45) is 6.72. The molecule has 4 bridgehead atoms. The van der Waals surface area contributed by atoms with E-state index in [1.54, 1.807) is 0 Å². The molecule has 4 aliphatic carbocycles. The molecule has 1 amide bonds. The van der Waals surface area contributed by atoms with Gasteiger partial charge in [0.2, 0.25) is 0 Å². The number of amides is 1. The molecule has 1 aromatic heterocycles. The lowest BCUT2D eigenvalue weighted by Crippen LogP contribution is -2.55. The summed E-state index contributed by atoms with van der Waals surface area (Å²) in [5, 5.41) is 11.5. The van der Waals surface area contributed by atoms with E-state index in [0.29, 0.717) is 23.6 Å². The zero-order chi connectivity index (χ0) is 14.7. The summed E-state index contributed by atoms with van der Waals surface area (Å²) < 4.78 is 0. The van der Waals surface area contributed by atoms with Gasteiger partial charge in [-0.25, -0.2) is 0 Å². The minimum atomic E-state index is -0.00470. The van der Waals surface area contributed by atoms with Crippen molar-refractivity contribution in [1.82, 2.24) is 15.5 Å². The lowest BCUT2D eigenvalue weighted by atomic mass is 9.54. The van der Waals surface area contributed by atoms with E-state index >= 15 is 0 Å². The van der Waals surface area contributed by atoms with E-state index < -0.39 is 0 Å². The monoisotopic (exact) mass is 295 g/mol. The molecular weight excluding hydrogens is 274 g/mol. The van der Waals surface area contributed by atoms with E-state index in [1.807, 2.05) is 24.3 Å². The van der Waals surface area contributed by atoms with Gasteiger partial charge < -0.3 is 5.32 Å². The van der Waals surface area contributed by atoms with Crippen LogP contribution in [0.4, 0.5) is 0 Å². The van der Waals surface area contributed by atoms with Crippen molar-refractivity contribution in [1.29, 1.82) is 0 Å². The number of fused-ring (bicyclic) bond motifs is 1. The number of benzene rings is 1. The molecule has 0 unspecified atom stereocenters. The first-order chi connectivity index (χ1) is 10.8. The molecule has 6 rings (SSSR count). The average molecular weight is 295 g/mol. The number of carbonyl (C=O) groups excluding carboxylic acids is 1. The molecular formula is C18H21N3O. The van der Waals surface area contributed by atoms with Crippen LogP contribution in [0, 0.1) is 23.7 Å². The number of aromatic nitrogens is 2. The molecule has 0 aliphatic heterocycles. The SMILES string of the molecule is O=C(NC1C2CC3CC(C2)CC1C3)c1n[nH]c2ccccc12. The van der Waals surface area contributed by atoms with Crippen molar-refractivity contribution in [2.45, 2.75) is 38.1 Å². The van der Waals surface area contributed by atoms with Gasteiger partial charge in [0.15, 0.2) is 5.69 Å². The zero-order valence-corrected chi connectivity index (χ0v) is 12.6. The number of para-hydroxylation sites is 1. The number of aromatic amines is 1. The highest BCUT2D eigenvalue weighted by Gasteiger charge is 2.48. The maximum atomic E-state index is 12.7. The molecule has 0 saturated heterocycles. The van der Waals surface area contributed by atoms with Gasteiger partial charge in [0.05, 0.1) is 5.52 Å². The number of hydrogen-bond donors (Lipinski definition) is 2. The van der Waals surface area contributed by atoms with Crippen LogP contribution < -0.4 is 5.32 Å². The Bertz CT molecular complexity index is 707. The van der Waals surface area contributed by atoms with Crippen molar-refractivity contribution in [2.75, 3.05) is 0 Å². The van der Waals surface area contributed by atoms with E-state index in [9.17, 15) is 4.79 Å². The van der Waals surface area contributed by atoms with Crippen LogP contribution in [0.5, 0.6) is 0 Å². The fourth-order valence-corrected chi connectivity index (χ4v) is 5.52. The number of rotatable bonds is 2. The first-order valence-electron chi connectivity index (χ1n) is 8.52. The second kappa shape index (κ2) is 4.58. The van der Waals surface area contributed by atoms with Gasteiger partial charge >= 0.3 is 0 Å². The highest BCUT2D eigenvalue weighted by atomic mass is 16.2. The van der Waals surface area contributed by atoms with E-state index in [4.69, 9.17) is 0 Å². The third-order valence-electron chi connectivity index (χ3n) is 6.21. The first kappa shape index (κ1) is 12.7. The molecule has 1 heterocycles. The summed E-state index contributed by atoms with van der Waals surface area (Å²) in [6, 6.07) is 8.21. The zero-order valence-electron chi connectivity index (χ0n) is 12.6. The maximum Gasteiger partial charge on any atom is 0.272 e. The van der Waals surface area contributed by atoms with Gasteiger partial charge in [-0.05, 0) is 61.8 Å². The Morgan fingerprint density at radius 3 is 2.45 bits per heavy atom. The molecule has 114 valence electrons. The predicted molar refractivity (Wildman–Crippen MR) is 84.4 cm³/mol. The Labute approximate surface area is 129 Å². The average Bonchev–Trinajstić information content (AvgIpc) is 2.94. The van der Waals surface area contributed by atoms with Crippen molar-refractivity contribution < 1.29 is 4.79 Å². The van der Waals surface area contributed by atoms with Crippen LogP contribution in [0.3, 0.4) is 0 Å². The lowest BCUT2D eigenvalue weighted by Gasteiger charge is -2.54. The van der Waals surface area contributed by atoms with Gasteiger partial charge in [-0.1, -0.05) is 18.2 Å². The summed E-state index contributed by atoms with van der Waals surface area (Å²) >= 11 is 0. The van der Waals surface area contributed by atoms with Crippen LogP contribution >= 0.6 is 0 Å². The quantitative estimate of drug-likeness (QED) is 0.894. The van der Waals surface area contributed by atoms with Gasteiger partial charge in [0, 0.05) is 11.4 Å². The van der Waals surface area contributed by atoms with Gasteiger partial charge in [-0.2, -0.15) is 5.10 Å². The Hall–Kier alpha value is -1.84. The predicted octanol–water partition coefficient (Wildman–Crippen LogP) is 3.12. The molecule has 4 nitrogen and oxygen atoms in total. The van der Waals surface area contributed by atoms with Gasteiger partial charge in [-0.3, -0.25) is 9.89 Å². The number of hydrogen-bond acceptors (Lipinski definition) is 2. The molecule has 1 aromatic carbocycles. The fraction of sp³-hybridized carbons (Fsp3) is 0.556. The highest BCUT2D eigenvalue weighted by molar-refractivity contribution is 6.04. The minimum Gasteiger partial charge on any atom is -0.347 e. The van der Waals surface area contributed by atoms with E-state index in [-0.39, 0.29) is 5.91 Å². The molecule has 0 radical (unpaired) electrons. The summed E-state index contributed by atoms with van der Waals surface area (Å²) in [7, 11) is 0. The third kappa shape index (κ3) is 1.82. The van der Waals surface area contributed by atoms with Gasteiger partial charge in [0.25, 0.3) is 5.91 Å². The van der Waals surface area contributed by atoms with Crippen LogP contribution in [0.2, 0.25) is 0 Å². The number of nitrogens with one attached hydrogen (secondary N) is 2. The number of carbonyl (C=O) groups is 1. The van der Waals surface area contributed by atoms with Crippen LogP contribution in [0.25, 0.3) is 10.9 Å². The molecule has 2 N–H and O–H groups in total. The van der Waals surface area contributed by atoms with Crippen molar-refractivity contribution in [3.63, 3.8) is 0 Å². The fourth-order valence-electron chi connectivity index (χ4n) is 5.52. The third-order valence-corrected chi connectivity index (χ3v) is 6.21. The van der Waals surface area contributed by atoms with E-state index in [0.717, 1.165) is 22.7 Å². The van der Waals surface area contributed by atoms with Crippen LogP contribution in [-0.2, 0) is 0 Å². The van der Waals surface area contributed by atoms with Crippen molar-refractivity contribution in [3.8, 4) is 0 Å². The van der Waals surface area contributed by atoms with E-state index in [1.165, 1.54) is 32.1 Å². The molecule has 0 atom stereocenters. The summed E-state index contributed by atoms with van der Waals surface area (Å²) in [5.74, 6) is 3.26. The maximum absolute atomic E-state index is 12.7. The topological polar surface area (TPSA) is 57.8 Å². The Morgan fingerprint density at radius 2 is 1.73 bits per heavy atom. The number of H-pyrrole nitrogens is 1. The summed E-state index contributed by atoms with van der Waals surface area (Å²) in [5.41, 5.74) is 1.47. The summed E-state index contributed by atoms with van der Waals surface area (Å²) in [4.78, 5) is 12.7. The Kier molecular flexibility index (Phi) is 2.64. The second-order valence-corrected chi connectivity index (χ2v) is 7.55. The van der Waals surface area contributed by atoms with Crippen LogP contribution in [0.1, 0.15) is 42.6 Å². The Morgan fingerprint density at radius 1 is 1.05 bits per heavy atom. The van der Waals surface area contributed by atoms with Crippen LogP contribution in [-0.4, -0.2) is 22.1 Å². The second-order valence-electron chi connectivity index (χ2n) is 7.55. The molecule has 4 heteroatoms. The molecule has 4 fully saturated rings. The normalized spacial score (nSPS) is 35.9. The number of nitrogens with zero attached hydrogens (tertiary/aromatic N) is 1. The van der Waals surface area contributed by atoms with Crippen molar-refractivity contribution in [2.24, 2.45) is 23.7 Å².